The number of carbonyl (C=O) groups is 1. The normalized spacial score (nSPS) is 15.6. The van der Waals surface area contributed by atoms with Gasteiger partial charge in [-0.1, -0.05) is 25.9 Å². The maximum Gasteiger partial charge on any atom is 0.259 e. The zero-order valence-corrected chi connectivity index (χ0v) is 17.0. The molecule has 0 radical (unpaired) electrons. The zero-order chi connectivity index (χ0) is 18.2. The first-order valence-corrected chi connectivity index (χ1v) is 9.03. The summed E-state index contributed by atoms with van der Waals surface area (Å²) in [6.07, 6.45) is 2.98. The number of rotatable bonds is 6. The molecule has 2 aromatic rings. The van der Waals surface area contributed by atoms with Gasteiger partial charge in [-0.2, -0.15) is 0 Å². The summed E-state index contributed by atoms with van der Waals surface area (Å²) >= 11 is 0. The molecule has 26 heavy (non-hydrogen) atoms. The third-order valence-corrected chi connectivity index (χ3v) is 4.54. The van der Waals surface area contributed by atoms with E-state index >= 15 is 0 Å². The molecule has 144 valence electrons. The maximum atomic E-state index is 12.9. The van der Waals surface area contributed by atoms with Crippen molar-refractivity contribution in [2.24, 2.45) is 5.41 Å². The van der Waals surface area contributed by atoms with Crippen LogP contribution in [0.4, 0.5) is 0 Å². The van der Waals surface area contributed by atoms with E-state index in [1.54, 1.807) is 0 Å². The number of likely N-dealkylation sites (N-methyl/N-ethyl adjacent to an activating group) is 1. The van der Waals surface area contributed by atoms with Crippen molar-refractivity contribution in [1.82, 2.24) is 20.8 Å². The van der Waals surface area contributed by atoms with Gasteiger partial charge in [0.05, 0.1) is 16.6 Å². The zero-order valence-electron chi connectivity index (χ0n) is 16.2. The Labute approximate surface area is 160 Å². The van der Waals surface area contributed by atoms with Crippen LogP contribution in [-0.4, -0.2) is 35.7 Å². The number of fused-ring (bicyclic) bond motifs is 1. The molecular formula is C19H29ClN4O2. The minimum atomic E-state index is -0.0882. The molecule has 1 saturated carbocycles. The van der Waals surface area contributed by atoms with E-state index in [4.69, 9.17) is 4.52 Å². The molecule has 1 fully saturated rings. The van der Waals surface area contributed by atoms with Crippen molar-refractivity contribution >= 4 is 29.4 Å². The van der Waals surface area contributed by atoms with Crippen LogP contribution in [0.1, 0.15) is 68.2 Å². The predicted molar refractivity (Wildman–Crippen MR) is 105 cm³/mol. The summed E-state index contributed by atoms with van der Waals surface area (Å²) < 4.78 is 5.50. The molecule has 1 unspecified atom stereocenters. The molecule has 0 aromatic carbocycles. The van der Waals surface area contributed by atoms with Gasteiger partial charge < -0.3 is 15.2 Å². The van der Waals surface area contributed by atoms with Crippen LogP contribution in [0.2, 0.25) is 0 Å². The summed E-state index contributed by atoms with van der Waals surface area (Å²) in [6, 6.07) is 2.14. The van der Waals surface area contributed by atoms with Crippen LogP contribution >= 0.6 is 12.4 Å². The fourth-order valence-electron chi connectivity index (χ4n) is 2.86. The van der Waals surface area contributed by atoms with Crippen LogP contribution in [0.25, 0.3) is 11.1 Å². The Kier molecular flexibility index (Phi) is 6.29. The van der Waals surface area contributed by atoms with E-state index in [2.05, 4.69) is 41.5 Å². The van der Waals surface area contributed by atoms with Gasteiger partial charge in [0.1, 0.15) is 0 Å². The SMILES string of the molecule is CNC(C)CNC(=O)c1cc(C2CC2)nc2onc(CC(C)(C)C)c12.Cl. The molecule has 3 rings (SSSR count). The molecule has 0 saturated heterocycles. The second-order valence-electron chi connectivity index (χ2n) is 8.32. The number of hydrogen-bond donors (Lipinski definition) is 2. The minimum Gasteiger partial charge on any atom is -0.350 e. The topological polar surface area (TPSA) is 80.0 Å². The van der Waals surface area contributed by atoms with Crippen LogP contribution in [0.5, 0.6) is 0 Å². The largest absolute Gasteiger partial charge is 0.350 e. The van der Waals surface area contributed by atoms with Crippen LogP contribution in [0.3, 0.4) is 0 Å². The fourth-order valence-corrected chi connectivity index (χ4v) is 2.86. The third kappa shape index (κ3) is 4.74. The van der Waals surface area contributed by atoms with E-state index < -0.39 is 0 Å². The van der Waals surface area contributed by atoms with Crippen molar-refractivity contribution in [1.29, 1.82) is 0 Å². The number of aromatic nitrogens is 2. The number of amides is 1. The summed E-state index contributed by atoms with van der Waals surface area (Å²) in [6.45, 7) is 9.04. The van der Waals surface area contributed by atoms with E-state index in [0.29, 0.717) is 23.7 Å². The van der Waals surface area contributed by atoms with Gasteiger partial charge in [0.2, 0.25) is 0 Å². The molecule has 1 amide bonds. The first kappa shape index (κ1) is 20.6. The second kappa shape index (κ2) is 7.92. The Bertz CT molecular complexity index is 778. The number of nitrogens with zero attached hydrogens (tertiary/aromatic N) is 2. The standard InChI is InChI=1S/C19H28N4O2.ClH/c1-11(20-5)10-21-17(24)13-8-14(12-6-7-12)22-18-16(13)15(23-25-18)9-19(2,3)4;/h8,11-12,20H,6-7,9-10H2,1-5H3,(H,21,24);1H. The lowest BCUT2D eigenvalue weighted by Crippen LogP contribution is -2.37. The average molecular weight is 381 g/mol. The Morgan fingerprint density at radius 2 is 2.08 bits per heavy atom. The van der Waals surface area contributed by atoms with Crippen molar-refractivity contribution in [2.45, 2.75) is 58.9 Å². The molecule has 1 atom stereocenters. The van der Waals surface area contributed by atoms with Gasteiger partial charge in [0, 0.05) is 24.2 Å². The van der Waals surface area contributed by atoms with Gasteiger partial charge in [0.25, 0.3) is 11.6 Å². The monoisotopic (exact) mass is 380 g/mol. The van der Waals surface area contributed by atoms with Crippen molar-refractivity contribution in [3.8, 4) is 0 Å². The van der Waals surface area contributed by atoms with Crippen molar-refractivity contribution in [3.63, 3.8) is 0 Å². The quantitative estimate of drug-likeness (QED) is 0.802. The van der Waals surface area contributed by atoms with Crippen molar-refractivity contribution < 1.29 is 9.32 Å². The van der Waals surface area contributed by atoms with Gasteiger partial charge in [-0.05, 0) is 44.7 Å². The molecule has 1 aliphatic rings. The highest BCUT2D eigenvalue weighted by molar-refractivity contribution is 6.06. The molecule has 6 nitrogen and oxygen atoms in total. The van der Waals surface area contributed by atoms with E-state index in [1.807, 2.05) is 20.0 Å². The molecule has 2 aromatic heterocycles. The Hall–Kier alpha value is -1.66. The second-order valence-corrected chi connectivity index (χ2v) is 8.32. The molecular weight excluding hydrogens is 352 g/mol. The van der Waals surface area contributed by atoms with Crippen LogP contribution in [0.15, 0.2) is 10.6 Å². The highest BCUT2D eigenvalue weighted by Gasteiger charge is 2.29. The Morgan fingerprint density at radius 3 is 2.65 bits per heavy atom. The first-order valence-electron chi connectivity index (χ1n) is 9.03. The molecule has 1 aliphatic carbocycles. The van der Waals surface area contributed by atoms with E-state index in [1.165, 1.54) is 0 Å². The van der Waals surface area contributed by atoms with Gasteiger partial charge in [-0.3, -0.25) is 4.79 Å². The van der Waals surface area contributed by atoms with E-state index in [-0.39, 0.29) is 29.8 Å². The summed E-state index contributed by atoms with van der Waals surface area (Å²) in [4.78, 5) is 17.5. The summed E-state index contributed by atoms with van der Waals surface area (Å²) in [7, 11) is 1.88. The van der Waals surface area contributed by atoms with Gasteiger partial charge >= 0.3 is 0 Å². The van der Waals surface area contributed by atoms with Crippen molar-refractivity contribution in [2.75, 3.05) is 13.6 Å². The van der Waals surface area contributed by atoms with Crippen molar-refractivity contribution in [3.05, 3.63) is 23.0 Å². The number of halogens is 1. The van der Waals surface area contributed by atoms with Crippen LogP contribution in [0, 0.1) is 5.41 Å². The molecule has 2 N–H and O–H groups in total. The summed E-state index contributed by atoms with van der Waals surface area (Å²) in [5, 5.41) is 11.1. The maximum absolute atomic E-state index is 12.9. The fraction of sp³-hybridized carbons (Fsp3) is 0.632. The lowest BCUT2D eigenvalue weighted by Gasteiger charge is -2.16. The first-order chi connectivity index (χ1) is 11.8. The average Bonchev–Trinajstić information content (AvgIpc) is 3.33. The molecule has 7 heteroatoms. The third-order valence-electron chi connectivity index (χ3n) is 4.54. The smallest absolute Gasteiger partial charge is 0.259 e. The highest BCUT2D eigenvalue weighted by Crippen LogP contribution is 2.40. The number of hydrogen-bond acceptors (Lipinski definition) is 5. The number of pyridine rings is 1. The highest BCUT2D eigenvalue weighted by atomic mass is 35.5. The number of nitrogens with one attached hydrogen (secondary N) is 2. The van der Waals surface area contributed by atoms with Crippen LogP contribution < -0.4 is 10.6 Å². The Balaban J connectivity index is 0.00000243. The predicted octanol–water partition coefficient (Wildman–Crippen LogP) is 3.45. The number of carbonyl (C=O) groups excluding carboxylic acids is 1. The molecule has 0 bridgehead atoms. The lowest BCUT2D eigenvalue weighted by molar-refractivity contribution is 0.0952. The van der Waals surface area contributed by atoms with Gasteiger partial charge in [-0.15, -0.1) is 12.4 Å². The van der Waals surface area contributed by atoms with E-state index in [9.17, 15) is 4.79 Å². The summed E-state index contributed by atoms with van der Waals surface area (Å²) in [5.41, 5.74) is 2.92. The molecule has 0 spiro atoms. The Morgan fingerprint density at radius 1 is 1.38 bits per heavy atom. The lowest BCUT2D eigenvalue weighted by atomic mass is 9.89. The molecule has 2 heterocycles. The van der Waals surface area contributed by atoms with E-state index in [0.717, 1.165) is 36.0 Å². The minimum absolute atomic E-state index is 0. The molecule has 0 aliphatic heterocycles. The summed E-state index contributed by atoms with van der Waals surface area (Å²) in [5.74, 6) is 0.359. The van der Waals surface area contributed by atoms with Gasteiger partial charge in [0.15, 0.2) is 0 Å². The van der Waals surface area contributed by atoms with Crippen LogP contribution in [-0.2, 0) is 6.42 Å². The van der Waals surface area contributed by atoms with Gasteiger partial charge in [-0.25, -0.2) is 4.98 Å².